The molecular formula is C31H21N3O6S. The number of ether oxygens (including phenoxy) is 1. The zero-order valence-corrected chi connectivity index (χ0v) is 22.2. The van der Waals surface area contributed by atoms with Gasteiger partial charge >= 0.3 is 5.97 Å². The third-order valence-electron chi connectivity index (χ3n) is 6.72. The summed E-state index contributed by atoms with van der Waals surface area (Å²) < 4.78 is 35.9. The van der Waals surface area contributed by atoms with E-state index in [1.807, 2.05) is 42.5 Å². The molecule has 6 rings (SSSR count). The predicted molar refractivity (Wildman–Crippen MR) is 155 cm³/mol. The minimum Gasteiger partial charge on any atom is -0.423 e. The van der Waals surface area contributed by atoms with Gasteiger partial charge in [0.05, 0.1) is 22.7 Å². The monoisotopic (exact) mass is 563 g/mol. The molecule has 0 aromatic heterocycles. The Bertz CT molecular complexity index is 1980. The number of fused-ring (bicyclic) bond motifs is 2. The molecule has 9 nitrogen and oxygen atoms in total. The van der Waals surface area contributed by atoms with Gasteiger partial charge in [0.1, 0.15) is 10.6 Å². The molecule has 0 radical (unpaired) electrons. The number of benzene rings is 5. The standard InChI is InChI=1S/C31H21N3O6S/c35-31(22-12-7-13-24(19-22)34(36)37)40-28-17-5-2-10-23(28)20-33(27-16-8-11-21-9-1-3-14-25(21)27)30-26-15-4-6-18-29(26)41(38,39)32-30/h1-19H,20H2. The SMILES string of the molecule is O=C(Oc1ccccc1CN(C1=NS(=O)(=O)c2ccccc21)c1cccc2ccccc12)c1cccc([N+](=O)[O-])c1. The topological polar surface area (TPSA) is 119 Å². The summed E-state index contributed by atoms with van der Waals surface area (Å²) in [5.41, 5.74) is 1.55. The van der Waals surface area contributed by atoms with Crippen molar-refractivity contribution in [2.45, 2.75) is 11.4 Å². The van der Waals surface area contributed by atoms with Crippen LogP contribution >= 0.6 is 0 Å². The van der Waals surface area contributed by atoms with Gasteiger partial charge in [-0.1, -0.05) is 72.8 Å². The second-order valence-corrected chi connectivity index (χ2v) is 10.8. The molecule has 0 atom stereocenters. The lowest BCUT2D eigenvalue weighted by Crippen LogP contribution is -2.31. The molecule has 5 aromatic carbocycles. The summed E-state index contributed by atoms with van der Waals surface area (Å²) >= 11 is 0. The molecule has 5 aromatic rings. The van der Waals surface area contributed by atoms with Crippen molar-refractivity contribution in [2.24, 2.45) is 4.40 Å². The number of anilines is 1. The number of sulfonamides is 1. The number of carbonyl (C=O) groups excluding carboxylic acids is 1. The third kappa shape index (κ3) is 4.92. The van der Waals surface area contributed by atoms with Gasteiger partial charge in [-0.15, -0.1) is 4.40 Å². The number of esters is 1. The van der Waals surface area contributed by atoms with Crippen LogP contribution in [0.5, 0.6) is 5.75 Å². The van der Waals surface area contributed by atoms with Gasteiger partial charge < -0.3 is 9.64 Å². The van der Waals surface area contributed by atoms with Gasteiger partial charge in [0.25, 0.3) is 15.7 Å². The molecule has 0 unspecified atom stereocenters. The van der Waals surface area contributed by atoms with Crippen molar-refractivity contribution in [1.82, 2.24) is 0 Å². The van der Waals surface area contributed by atoms with Gasteiger partial charge in [-0.25, -0.2) is 4.79 Å². The lowest BCUT2D eigenvalue weighted by atomic mass is 10.1. The number of hydrogen-bond donors (Lipinski definition) is 0. The Morgan fingerprint density at radius 3 is 2.41 bits per heavy atom. The largest absolute Gasteiger partial charge is 0.423 e. The average Bonchev–Trinajstić information content (AvgIpc) is 3.26. The summed E-state index contributed by atoms with van der Waals surface area (Å²) in [6.45, 7) is 0.106. The fraction of sp³-hybridized carbons (Fsp3) is 0.0323. The first-order valence-corrected chi connectivity index (χ1v) is 14.0. The maximum Gasteiger partial charge on any atom is 0.343 e. The molecule has 0 saturated heterocycles. The molecule has 1 aliphatic rings. The Kier molecular flexibility index (Phi) is 6.52. The molecule has 202 valence electrons. The van der Waals surface area contributed by atoms with Crippen molar-refractivity contribution < 1.29 is 22.9 Å². The van der Waals surface area contributed by atoms with Gasteiger partial charge in [-0.2, -0.15) is 8.42 Å². The van der Waals surface area contributed by atoms with Crippen molar-refractivity contribution in [3.63, 3.8) is 0 Å². The van der Waals surface area contributed by atoms with E-state index in [4.69, 9.17) is 4.74 Å². The molecule has 0 N–H and O–H groups in total. The summed E-state index contributed by atoms with van der Waals surface area (Å²) in [5.74, 6) is -0.287. The number of amidine groups is 1. The number of hydrogen-bond acceptors (Lipinski definition) is 7. The van der Waals surface area contributed by atoms with Crippen molar-refractivity contribution in [3.05, 3.63) is 142 Å². The van der Waals surface area contributed by atoms with Gasteiger partial charge in [-0.3, -0.25) is 10.1 Å². The Hall–Kier alpha value is -5.35. The molecule has 1 heterocycles. The Labute approximate surface area is 235 Å². The van der Waals surface area contributed by atoms with E-state index in [0.717, 1.165) is 16.8 Å². The highest BCUT2D eigenvalue weighted by molar-refractivity contribution is 7.90. The predicted octanol–water partition coefficient (Wildman–Crippen LogP) is 6.12. The fourth-order valence-electron chi connectivity index (χ4n) is 4.81. The van der Waals surface area contributed by atoms with Crippen molar-refractivity contribution in [1.29, 1.82) is 0 Å². The number of nitro groups is 1. The van der Waals surface area contributed by atoms with Gasteiger partial charge in [0, 0.05) is 28.6 Å². The second-order valence-electron chi connectivity index (χ2n) is 9.28. The Morgan fingerprint density at radius 1 is 0.854 bits per heavy atom. The maximum atomic E-state index is 13.0. The van der Waals surface area contributed by atoms with Crippen LogP contribution in [-0.4, -0.2) is 25.1 Å². The molecule has 0 amide bonds. The van der Waals surface area contributed by atoms with Crippen LogP contribution in [0.4, 0.5) is 11.4 Å². The highest BCUT2D eigenvalue weighted by atomic mass is 32.2. The number of nitro benzene ring substituents is 1. The first-order valence-electron chi connectivity index (χ1n) is 12.6. The number of nitrogens with zero attached hydrogens (tertiary/aromatic N) is 3. The number of non-ortho nitro benzene ring substituents is 1. The zero-order valence-electron chi connectivity index (χ0n) is 21.4. The van der Waals surface area contributed by atoms with Crippen LogP contribution in [0, 0.1) is 10.1 Å². The number of para-hydroxylation sites is 1. The maximum absolute atomic E-state index is 13.0. The van der Waals surface area contributed by atoms with Crippen LogP contribution in [0.15, 0.2) is 125 Å². The van der Waals surface area contributed by atoms with Crippen LogP contribution in [0.25, 0.3) is 10.8 Å². The van der Waals surface area contributed by atoms with E-state index in [-0.39, 0.29) is 34.3 Å². The average molecular weight is 564 g/mol. The van der Waals surface area contributed by atoms with Gasteiger partial charge in [-0.05, 0) is 35.7 Å². The Balaban J connectivity index is 1.44. The minimum atomic E-state index is -3.92. The van der Waals surface area contributed by atoms with E-state index in [2.05, 4.69) is 4.40 Å². The Morgan fingerprint density at radius 2 is 1.56 bits per heavy atom. The molecule has 0 aliphatic carbocycles. The molecule has 41 heavy (non-hydrogen) atoms. The number of carbonyl (C=O) groups is 1. The molecule has 0 fully saturated rings. The van der Waals surface area contributed by atoms with Crippen molar-refractivity contribution in [3.8, 4) is 5.75 Å². The first-order chi connectivity index (χ1) is 19.8. The highest BCUT2D eigenvalue weighted by Gasteiger charge is 2.33. The molecule has 0 saturated carbocycles. The van der Waals surface area contributed by atoms with E-state index in [9.17, 15) is 23.3 Å². The minimum absolute atomic E-state index is 0.0279. The quantitative estimate of drug-likeness (QED) is 0.106. The van der Waals surface area contributed by atoms with E-state index < -0.39 is 20.9 Å². The summed E-state index contributed by atoms with van der Waals surface area (Å²) in [7, 11) is -3.92. The fourth-order valence-corrected chi connectivity index (χ4v) is 6.02. The first kappa shape index (κ1) is 25.9. The van der Waals surface area contributed by atoms with E-state index in [1.54, 1.807) is 47.4 Å². The van der Waals surface area contributed by atoms with Gasteiger partial charge in [0.15, 0.2) is 5.84 Å². The molecule has 1 aliphatic heterocycles. The van der Waals surface area contributed by atoms with Crippen LogP contribution in [0.2, 0.25) is 0 Å². The number of rotatable bonds is 6. The summed E-state index contributed by atoms with van der Waals surface area (Å²) in [6.07, 6.45) is 0. The highest BCUT2D eigenvalue weighted by Crippen LogP contribution is 2.35. The smallest absolute Gasteiger partial charge is 0.343 e. The lowest BCUT2D eigenvalue weighted by Gasteiger charge is -2.27. The van der Waals surface area contributed by atoms with E-state index in [1.165, 1.54) is 24.3 Å². The van der Waals surface area contributed by atoms with Crippen molar-refractivity contribution in [2.75, 3.05) is 4.90 Å². The zero-order chi connectivity index (χ0) is 28.6. The normalized spacial score (nSPS) is 13.3. The molecule has 0 bridgehead atoms. The van der Waals surface area contributed by atoms with Crippen LogP contribution < -0.4 is 9.64 Å². The summed E-state index contributed by atoms with van der Waals surface area (Å²) in [4.78, 5) is 25.5. The van der Waals surface area contributed by atoms with Crippen LogP contribution in [0.1, 0.15) is 21.5 Å². The van der Waals surface area contributed by atoms with Crippen molar-refractivity contribution >= 4 is 44.0 Å². The summed E-state index contributed by atoms with van der Waals surface area (Å²) in [6, 6.07) is 32.3. The second kappa shape index (κ2) is 10.3. The van der Waals surface area contributed by atoms with Crippen LogP contribution in [0.3, 0.4) is 0 Å². The van der Waals surface area contributed by atoms with Crippen LogP contribution in [-0.2, 0) is 16.6 Å². The molecule has 0 spiro atoms. The molecule has 10 heteroatoms. The van der Waals surface area contributed by atoms with Gasteiger partial charge in [0.2, 0.25) is 0 Å². The summed E-state index contributed by atoms with van der Waals surface area (Å²) in [5, 5.41) is 13.0. The lowest BCUT2D eigenvalue weighted by molar-refractivity contribution is -0.384. The van der Waals surface area contributed by atoms with E-state index >= 15 is 0 Å². The van der Waals surface area contributed by atoms with E-state index in [0.29, 0.717) is 16.8 Å². The third-order valence-corrected chi connectivity index (χ3v) is 8.05. The molecular weight excluding hydrogens is 542 g/mol.